The molecule has 0 aromatic heterocycles. The first-order chi connectivity index (χ1) is 24.6. The van der Waals surface area contributed by atoms with Crippen LogP contribution in [-0.2, 0) is 39.1 Å². The molecule has 1 unspecified atom stereocenters. The van der Waals surface area contributed by atoms with Crippen LogP contribution in [-0.4, -0.2) is 44.6 Å². The second kappa shape index (κ2) is 16.0. The molecule has 13 heteroatoms. The van der Waals surface area contributed by atoms with Crippen molar-refractivity contribution < 1.29 is 36.6 Å². The van der Waals surface area contributed by atoms with E-state index in [4.69, 9.17) is 25.8 Å². The van der Waals surface area contributed by atoms with Crippen LogP contribution in [0.1, 0.15) is 16.7 Å². The zero-order chi connectivity index (χ0) is 35.8. The first kappa shape index (κ1) is 35.2. The minimum atomic E-state index is -3.97. The van der Waals surface area contributed by atoms with Gasteiger partial charge >= 0.3 is 0 Å². The maximum absolute atomic E-state index is 14.0. The van der Waals surface area contributed by atoms with Crippen molar-refractivity contribution in [3.05, 3.63) is 149 Å². The van der Waals surface area contributed by atoms with E-state index in [1.165, 1.54) is 41.3 Å². The highest BCUT2D eigenvalue weighted by Gasteiger charge is 2.31. The predicted molar refractivity (Wildman–Crippen MR) is 189 cm³/mol. The average molecular weight is 730 g/mol. The van der Waals surface area contributed by atoms with Crippen LogP contribution in [0, 0.1) is 5.82 Å². The van der Waals surface area contributed by atoms with Crippen LogP contribution in [0.2, 0.25) is 5.02 Å². The van der Waals surface area contributed by atoms with Gasteiger partial charge < -0.3 is 24.4 Å². The van der Waals surface area contributed by atoms with Crippen molar-refractivity contribution in [1.29, 1.82) is 0 Å². The third-order valence-corrected chi connectivity index (χ3v) is 9.68. The number of nitrogens with zero attached hydrogens (tertiary/aromatic N) is 1. The van der Waals surface area contributed by atoms with E-state index >= 15 is 0 Å². The largest absolute Gasteiger partial charge is 0.484 e. The smallest absolute Gasteiger partial charge is 0.261 e. The number of fused-ring (bicyclic) bond motifs is 1. The van der Waals surface area contributed by atoms with E-state index in [0.717, 1.165) is 28.8 Å². The molecule has 1 heterocycles. The number of halogens is 2. The number of rotatable bonds is 14. The second-order valence-corrected chi connectivity index (χ2v) is 13.8. The highest BCUT2D eigenvalue weighted by Crippen LogP contribution is 2.32. The Hall–Kier alpha value is -5.59. The van der Waals surface area contributed by atoms with Gasteiger partial charge in [-0.15, -0.1) is 0 Å². The summed E-state index contributed by atoms with van der Waals surface area (Å²) >= 11 is 6.13. The van der Waals surface area contributed by atoms with E-state index in [0.29, 0.717) is 16.5 Å². The van der Waals surface area contributed by atoms with Gasteiger partial charge in [0.1, 0.15) is 17.6 Å². The van der Waals surface area contributed by atoms with Gasteiger partial charge in [-0.3, -0.25) is 14.3 Å². The van der Waals surface area contributed by atoms with Crippen molar-refractivity contribution in [1.82, 2.24) is 10.2 Å². The maximum atomic E-state index is 14.0. The zero-order valence-electron chi connectivity index (χ0n) is 27.1. The highest BCUT2D eigenvalue weighted by atomic mass is 35.5. The minimum absolute atomic E-state index is 0.0584. The first-order valence-corrected chi connectivity index (χ1v) is 17.7. The lowest BCUT2D eigenvalue weighted by Crippen LogP contribution is -2.51. The number of carbonyl (C=O) groups is 2. The number of carbonyl (C=O) groups excluding carboxylic acids is 2. The lowest BCUT2D eigenvalue weighted by Gasteiger charge is -2.31. The molecule has 0 radical (unpaired) electrons. The van der Waals surface area contributed by atoms with Crippen molar-refractivity contribution in [2.75, 3.05) is 18.1 Å². The molecule has 262 valence electrons. The zero-order valence-corrected chi connectivity index (χ0v) is 28.7. The van der Waals surface area contributed by atoms with Gasteiger partial charge in [0.2, 0.25) is 12.7 Å². The molecule has 6 rings (SSSR count). The van der Waals surface area contributed by atoms with Crippen LogP contribution >= 0.6 is 11.6 Å². The van der Waals surface area contributed by atoms with E-state index < -0.39 is 34.4 Å². The summed E-state index contributed by atoms with van der Waals surface area (Å²) in [4.78, 5) is 29.4. The number of sulfonamides is 1. The standard InChI is InChI=1S/C38H33ClFN3O7S/c39-29-9-6-27(7-10-29)23-43(37(44)24-48-32-15-17-33(18-16-32)51(46,47)42-31-13-11-30(40)12-14-31)34(20-26-4-2-1-3-5-26)38(45)41-22-28-8-19-35-36(21-28)50-25-49-35/h1-19,21,34,42H,20,22-25H2,(H,41,45). The average Bonchev–Trinajstić information content (AvgIpc) is 3.61. The summed E-state index contributed by atoms with van der Waals surface area (Å²) in [7, 11) is -3.97. The van der Waals surface area contributed by atoms with E-state index in [-0.39, 0.29) is 48.5 Å². The van der Waals surface area contributed by atoms with Crippen molar-refractivity contribution in [2.24, 2.45) is 0 Å². The van der Waals surface area contributed by atoms with Crippen LogP contribution < -0.4 is 24.2 Å². The molecule has 0 bridgehead atoms. The second-order valence-electron chi connectivity index (χ2n) is 11.6. The van der Waals surface area contributed by atoms with Crippen LogP contribution in [0.3, 0.4) is 0 Å². The molecular formula is C38H33ClFN3O7S. The van der Waals surface area contributed by atoms with Gasteiger partial charge in [-0.25, -0.2) is 12.8 Å². The monoisotopic (exact) mass is 729 g/mol. The Morgan fingerprint density at radius 3 is 2.24 bits per heavy atom. The van der Waals surface area contributed by atoms with Crippen LogP contribution in [0.15, 0.2) is 126 Å². The van der Waals surface area contributed by atoms with Crippen LogP contribution in [0.4, 0.5) is 10.1 Å². The van der Waals surface area contributed by atoms with Gasteiger partial charge in [0.05, 0.1) is 4.90 Å². The molecule has 2 N–H and O–H groups in total. The third kappa shape index (κ3) is 9.35. The fraction of sp³-hybridized carbons (Fsp3) is 0.158. The number of nitrogens with one attached hydrogen (secondary N) is 2. The number of hydrogen-bond acceptors (Lipinski definition) is 7. The molecule has 0 saturated carbocycles. The molecule has 0 spiro atoms. The Bertz CT molecular complexity index is 2080. The van der Waals surface area contributed by atoms with Gasteiger partial charge in [-0.2, -0.15) is 0 Å². The van der Waals surface area contributed by atoms with Crippen LogP contribution in [0.25, 0.3) is 0 Å². The Morgan fingerprint density at radius 1 is 0.824 bits per heavy atom. The number of anilines is 1. The number of hydrogen-bond donors (Lipinski definition) is 2. The summed E-state index contributed by atoms with van der Waals surface area (Å²) < 4.78 is 58.1. The maximum Gasteiger partial charge on any atom is 0.261 e. The summed E-state index contributed by atoms with van der Waals surface area (Å²) in [6.07, 6.45) is 0.223. The predicted octanol–water partition coefficient (Wildman–Crippen LogP) is 6.34. The van der Waals surface area contributed by atoms with Crippen molar-refractivity contribution in [3.8, 4) is 17.2 Å². The Morgan fingerprint density at radius 2 is 1.51 bits per heavy atom. The van der Waals surface area contributed by atoms with E-state index in [1.807, 2.05) is 36.4 Å². The molecule has 0 fully saturated rings. The number of benzene rings is 5. The lowest BCUT2D eigenvalue weighted by atomic mass is 10.0. The van der Waals surface area contributed by atoms with Crippen molar-refractivity contribution in [3.63, 3.8) is 0 Å². The summed E-state index contributed by atoms with van der Waals surface area (Å²) in [6.45, 7) is -0.0353. The van der Waals surface area contributed by atoms with Gasteiger partial charge in [-0.1, -0.05) is 60.1 Å². The van der Waals surface area contributed by atoms with Gasteiger partial charge in [0.25, 0.3) is 15.9 Å². The summed E-state index contributed by atoms with van der Waals surface area (Å²) in [5, 5.41) is 3.51. The number of ether oxygens (including phenoxy) is 3. The molecule has 0 saturated heterocycles. The third-order valence-electron chi connectivity index (χ3n) is 8.03. The summed E-state index contributed by atoms with van der Waals surface area (Å²) in [6, 6.07) is 31.3. The minimum Gasteiger partial charge on any atom is -0.484 e. The first-order valence-electron chi connectivity index (χ1n) is 15.9. The van der Waals surface area contributed by atoms with E-state index in [9.17, 15) is 22.4 Å². The molecule has 51 heavy (non-hydrogen) atoms. The Balaban J connectivity index is 1.20. The molecule has 5 aromatic rings. The Kier molecular flexibility index (Phi) is 11.0. The molecule has 2 amide bonds. The molecule has 10 nitrogen and oxygen atoms in total. The van der Waals surface area contributed by atoms with Gasteiger partial charge in [-0.05, 0) is 89.5 Å². The van der Waals surface area contributed by atoms with E-state index in [2.05, 4.69) is 10.0 Å². The van der Waals surface area contributed by atoms with Gasteiger partial charge in [0, 0.05) is 30.2 Å². The molecule has 1 aliphatic heterocycles. The van der Waals surface area contributed by atoms with Gasteiger partial charge in [0.15, 0.2) is 18.1 Å². The number of amides is 2. The Labute approximate surface area is 299 Å². The van der Waals surface area contributed by atoms with Crippen molar-refractivity contribution in [2.45, 2.75) is 30.4 Å². The topological polar surface area (TPSA) is 123 Å². The molecule has 1 atom stereocenters. The fourth-order valence-corrected chi connectivity index (χ4v) is 6.56. The molecule has 5 aromatic carbocycles. The fourth-order valence-electron chi connectivity index (χ4n) is 5.37. The van der Waals surface area contributed by atoms with Crippen molar-refractivity contribution >= 4 is 39.1 Å². The molecule has 0 aliphatic carbocycles. The normalized spacial score (nSPS) is 12.5. The quantitative estimate of drug-likeness (QED) is 0.137. The lowest BCUT2D eigenvalue weighted by molar-refractivity contribution is -0.142. The molecule has 1 aliphatic rings. The summed E-state index contributed by atoms with van der Waals surface area (Å²) in [5.41, 5.74) is 2.59. The SMILES string of the molecule is O=C(NCc1ccc2c(c1)OCO2)C(Cc1ccccc1)N(Cc1ccc(Cl)cc1)C(=O)COc1ccc(S(=O)(=O)Nc2ccc(F)cc2)cc1. The van der Waals surface area contributed by atoms with Crippen LogP contribution in [0.5, 0.6) is 17.2 Å². The van der Waals surface area contributed by atoms with E-state index in [1.54, 1.807) is 36.4 Å². The highest BCUT2D eigenvalue weighted by molar-refractivity contribution is 7.92. The summed E-state index contributed by atoms with van der Waals surface area (Å²) in [5.74, 6) is 0.121. The molecular weight excluding hydrogens is 697 g/mol.